The molecule has 0 saturated carbocycles. The van der Waals surface area contributed by atoms with Crippen LogP contribution >= 0.6 is 0 Å². The average molecular weight is 334 g/mol. The molecule has 0 spiro atoms. The van der Waals surface area contributed by atoms with Crippen molar-refractivity contribution in [2.24, 2.45) is 0 Å². The van der Waals surface area contributed by atoms with Crippen molar-refractivity contribution in [2.45, 2.75) is 0 Å². The number of aromatic nitrogens is 1. The van der Waals surface area contributed by atoms with E-state index in [9.17, 15) is 13.2 Å². The fourth-order valence-corrected chi connectivity index (χ4v) is 2.08. The molecule has 0 saturated heterocycles. The smallest absolute Gasteiger partial charge is 0.239 e. The maximum absolute atomic E-state index is 11.8. The molecule has 0 atom stereocenters. The molecular formula is C15H18N4O3S. The number of rotatable bonds is 6. The number of carbonyl (C=O) groups excluding carboxylic acids is 1. The first-order chi connectivity index (χ1) is 10.8. The predicted molar refractivity (Wildman–Crippen MR) is 90.1 cm³/mol. The first-order valence-electron chi connectivity index (χ1n) is 6.84. The van der Waals surface area contributed by atoms with Crippen molar-refractivity contribution in [3.8, 4) is 0 Å². The number of anilines is 3. The monoisotopic (exact) mass is 334 g/mol. The molecule has 2 rings (SSSR count). The molecule has 0 aliphatic carbocycles. The average Bonchev–Trinajstić information content (AvgIpc) is 2.49. The summed E-state index contributed by atoms with van der Waals surface area (Å²) in [5.74, 6) is 0.214. The van der Waals surface area contributed by atoms with E-state index in [1.165, 1.54) is 13.2 Å². The van der Waals surface area contributed by atoms with Gasteiger partial charge in [0.15, 0.2) is 0 Å². The van der Waals surface area contributed by atoms with Gasteiger partial charge in [-0.15, -0.1) is 0 Å². The summed E-state index contributed by atoms with van der Waals surface area (Å²) in [6.07, 6.45) is 2.55. The van der Waals surface area contributed by atoms with Gasteiger partial charge in [0.1, 0.15) is 5.82 Å². The molecule has 0 bridgehead atoms. The third-order valence-electron chi connectivity index (χ3n) is 3.03. The van der Waals surface area contributed by atoms with Gasteiger partial charge in [0, 0.05) is 12.7 Å². The van der Waals surface area contributed by atoms with Crippen LogP contribution in [0, 0.1) is 0 Å². The van der Waals surface area contributed by atoms with Gasteiger partial charge < -0.3 is 10.6 Å². The number of benzene rings is 1. The predicted octanol–water partition coefficient (Wildman–Crippen LogP) is 1.66. The zero-order valence-electron chi connectivity index (χ0n) is 12.9. The van der Waals surface area contributed by atoms with Crippen LogP contribution in [-0.4, -0.2) is 43.5 Å². The third kappa shape index (κ3) is 5.35. The zero-order chi connectivity index (χ0) is 16.9. The lowest BCUT2D eigenvalue weighted by molar-refractivity contribution is -0.116. The number of likely N-dealkylation sites (N-methyl/N-ethyl adjacent to an activating group) is 1. The molecule has 0 aliphatic heterocycles. The summed E-state index contributed by atoms with van der Waals surface area (Å²) >= 11 is 0. The molecule has 1 aromatic heterocycles. The fraction of sp³-hybridized carbons (Fsp3) is 0.200. The Hall–Kier alpha value is -2.45. The quantitative estimate of drug-likeness (QED) is 0.838. The van der Waals surface area contributed by atoms with E-state index < -0.39 is 15.9 Å². The van der Waals surface area contributed by atoms with Crippen LogP contribution in [-0.2, 0) is 14.8 Å². The largest absolute Gasteiger partial charge is 0.340 e. The minimum Gasteiger partial charge on any atom is -0.340 e. The summed E-state index contributed by atoms with van der Waals surface area (Å²) in [5, 5.41) is 5.73. The van der Waals surface area contributed by atoms with Crippen LogP contribution in [0.5, 0.6) is 0 Å². The van der Waals surface area contributed by atoms with Gasteiger partial charge >= 0.3 is 0 Å². The van der Waals surface area contributed by atoms with Gasteiger partial charge in [0.25, 0.3) is 0 Å². The van der Waals surface area contributed by atoms with Crippen molar-refractivity contribution in [2.75, 3.05) is 30.5 Å². The fourth-order valence-electron chi connectivity index (χ4n) is 1.73. The van der Waals surface area contributed by atoms with Gasteiger partial charge in [-0.05, 0) is 24.3 Å². The Morgan fingerprint density at radius 2 is 1.83 bits per heavy atom. The highest BCUT2D eigenvalue weighted by molar-refractivity contribution is 7.88. The van der Waals surface area contributed by atoms with Crippen LogP contribution in [0.1, 0.15) is 0 Å². The van der Waals surface area contributed by atoms with Gasteiger partial charge in [0.2, 0.25) is 15.9 Å². The normalized spacial score (nSPS) is 11.3. The summed E-state index contributed by atoms with van der Waals surface area (Å²) in [6.45, 7) is -0.247. The Morgan fingerprint density at radius 3 is 2.39 bits per heavy atom. The van der Waals surface area contributed by atoms with Crippen molar-refractivity contribution in [1.29, 1.82) is 0 Å². The summed E-state index contributed by atoms with van der Waals surface area (Å²) in [7, 11) is -2.04. The number of nitrogens with one attached hydrogen (secondary N) is 2. The highest BCUT2D eigenvalue weighted by Gasteiger charge is 2.15. The lowest BCUT2D eigenvalue weighted by Crippen LogP contribution is -2.34. The van der Waals surface area contributed by atoms with Crippen LogP contribution in [0.15, 0.2) is 48.7 Å². The van der Waals surface area contributed by atoms with Gasteiger partial charge in [-0.1, -0.05) is 18.2 Å². The van der Waals surface area contributed by atoms with Crippen LogP contribution < -0.4 is 10.6 Å². The number of hydrogen-bond donors (Lipinski definition) is 2. The minimum atomic E-state index is -3.38. The molecule has 0 fully saturated rings. The van der Waals surface area contributed by atoms with Gasteiger partial charge in [-0.3, -0.25) is 4.79 Å². The highest BCUT2D eigenvalue weighted by atomic mass is 32.2. The van der Waals surface area contributed by atoms with E-state index in [-0.39, 0.29) is 6.54 Å². The number of hydrogen-bond acceptors (Lipinski definition) is 5. The Labute approximate surface area is 135 Å². The van der Waals surface area contributed by atoms with E-state index in [1.54, 1.807) is 12.1 Å². The number of pyridine rings is 1. The van der Waals surface area contributed by atoms with Crippen molar-refractivity contribution in [3.05, 3.63) is 48.7 Å². The van der Waals surface area contributed by atoms with E-state index in [1.807, 2.05) is 30.3 Å². The first-order valence-corrected chi connectivity index (χ1v) is 8.69. The van der Waals surface area contributed by atoms with Crippen LogP contribution in [0.3, 0.4) is 0 Å². The maximum atomic E-state index is 11.8. The van der Waals surface area contributed by atoms with E-state index in [0.29, 0.717) is 11.5 Å². The summed E-state index contributed by atoms with van der Waals surface area (Å²) in [6, 6.07) is 13.0. The number of amides is 1. The summed E-state index contributed by atoms with van der Waals surface area (Å²) in [5.41, 5.74) is 1.40. The minimum absolute atomic E-state index is 0.247. The van der Waals surface area contributed by atoms with Crippen LogP contribution in [0.2, 0.25) is 0 Å². The molecule has 23 heavy (non-hydrogen) atoms. The van der Waals surface area contributed by atoms with E-state index in [2.05, 4.69) is 15.6 Å². The van der Waals surface area contributed by atoms with E-state index >= 15 is 0 Å². The molecule has 2 aromatic rings. The molecule has 1 aromatic carbocycles. The molecule has 1 heterocycles. The molecule has 8 heteroatoms. The second kappa shape index (κ2) is 7.21. The summed E-state index contributed by atoms with van der Waals surface area (Å²) < 4.78 is 23.5. The van der Waals surface area contributed by atoms with E-state index in [4.69, 9.17) is 0 Å². The first kappa shape index (κ1) is 16.9. The Bertz CT molecular complexity index is 761. The number of carbonyl (C=O) groups is 1. The highest BCUT2D eigenvalue weighted by Crippen LogP contribution is 2.15. The molecule has 1 amide bonds. The molecule has 0 radical (unpaired) electrons. The second-order valence-electron chi connectivity index (χ2n) is 4.99. The van der Waals surface area contributed by atoms with Gasteiger partial charge in [-0.25, -0.2) is 13.4 Å². The third-order valence-corrected chi connectivity index (χ3v) is 4.29. The van der Waals surface area contributed by atoms with Crippen molar-refractivity contribution < 1.29 is 13.2 Å². The Morgan fingerprint density at radius 1 is 1.13 bits per heavy atom. The summed E-state index contributed by atoms with van der Waals surface area (Å²) in [4.78, 5) is 16.0. The molecular weight excluding hydrogens is 316 g/mol. The van der Waals surface area contributed by atoms with Crippen molar-refractivity contribution in [1.82, 2.24) is 9.29 Å². The maximum Gasteiger partial charge on any atom is 0.239 e. The molecule has 2 N–H and O–H groups in total. The molecule has 0 unspecified atom stereocenters. The molecule has 7 nitrogen and oxygen atoms in total. The van der Waals surface area contributed by atoms with Crippen LogP contribution in [0.25, 0.3) is 0 Å². The second-order valence-corrected chi connectivity index (χ2v) is 7.08. The van der Waals surface area contributed by atoms with E-state index in [0.717, 1.165) is 16.2 Å². The number of sulfonamides is 1. The Kier molecular flexibility index (Phi) is 5.30. The van der Waals surface area contributed by atoms with Crippen LogP contribution in [0.4, 0.5) is 17.2 Å². The molecule has 0 aliphatic rings. The Balaban J connectivity index is 1.93. The molecule has 122 valence electrons. The standard InChI is InChI=1S/C15H18N4O3S/c1-19(23(2,21)22)11-15(20)18-13-8-9-14(16-10-13)17-12-6-4-3-5-7-12/h3-10H,11H2,1-2H3,(H,16,17)(H,18,20). The zero-order valence-corrected chi connectivity index (χ0v) is 13.7. The van der Waals surface area contributed by atoms with Crippen molar-refractivity contribution in [3.63, 3.8) is 0 Å². The lowest BCUT2D eigenvalue weighted by Gasteiger charge is -2.13. The SMILES string of the molecule is CN(CC(=O)Nc1ccc(Nc2ccccc2)nc1)S(C)(=O)=O. The number of nitrogens with zero attached hydrogens (tertiary/aromatic N) is 2. The number of para-hydroxylation sites is 1. The van der Waals surface area contributed by atoms with Gasteiger partial charge in [0.05, 0.1) is 24.7 Å². The van der Waals surface area contributed by atoms with Gasteiger partial charge in [-0.2, -0.15) is 4.31 Å². The van der Waals surface area contributed by atoms with Crippen molar-refractivity contribution >= 4 is 33.1 Å². The lowest BCUT2D eigenvalue weighted by atomic mass is 10.3. The topological polar surface area (TPSA) is 91.4 Å².